The lowest BCUT2D eigenvalue weighted by atomic mass is 9.89. The van der Waals surface area contributed by atoms with E-state index >= 15 is 0 Å². The largest absolute Gasteiger partial charge is 0.507 e. The highest BCUT2D eigenvalue weighted by Gasteiger charge is 2.19. The Hall–Kier alpha value is -3.81. The van der Waals surface area contributed by atoms with E-state index in [0.29, 0.717) is 12.6 Å². The SMILES string of the molecule is CC(C)[C@@H](CNC(=O)c1ccc(NC(=O)c2cc(F)cc(F)c2)cc1O)c1cccnc1. The summed E-state index contributed by atoms with van der Waals surface area (Å²) in [5.74, 6) is -3.03. The number of phenolic OH excluding ortho intramolecular Hbond substituents is 1. The summed E-state index contributed by atoms with van der Waals surface area (Å²) in [5, 5.41) is 15.5. The lowest BCUT2D eigenvalue weighted by molar-refractivity contribution is 0.0946. The molecule has 0 fully saturated rings. The Kier molecular flexibility index (Phi) is 7.14. The number of carbonyl (C=O) groups is 2. The van der Waals surface area contributed by atoms with Crippen molar-refractivity contribution in [2.45, 2.75) is 19.8 Å². The fourth-order valence-corrected chi connectivity index (χ4v) is 3.32. The van der Waals surface area contributed by atoms with Crippen molar-refractivity contribution in [2.24, 2.45) is 5.92 Å². The number of nitrogens with one attached hydrogen (secondary N) is 2. The molecule has 3 aromatic rings. The number of amides is 2. The molecule has 0 unspecified atom stereocenters. The first-order valence-electron chi connectivity index (χ1n) is 10.0. The van der Waals surface area contributed by atoms with Crippen LogP contribution in [0.3, 0.4) is 0 Å². The quantitative estimate of drug-likeness (QED) is 0.506. The number of rotatable bonds is 7. The predicted octanol–water partition coefficient (Wildman–Crippen LogP) is 4.49. The number of benzene rings is 2. The van der Waals surface area contributed by atoms with Gasteiger partial charge in [0.1, 0.15) is 17.4 Å². The number of hydrogen-bond acceptors (Lipinski definition) is 4. The van der Waals surface area contributed by atoms with Crippen LogP contribution >= 0.6 is 0 Å². The molecular formula is C24H23F2N3O3. The van der Waals surface area contributed by atoms with Crippen LogP contribution in [0.25, 0.3) is 0 Å². The highest BCUT2D eigenvalue weighted by molar-refractivity contribution is 6.05. The third-order valence-corrected chi connectivity index (χ3v) is 5.02. The summed E-state index contributed by atoms with van der Waals surface area (Å²) in [7, 11) is 0. The third kappa shape index (κ3) is 5.66. The normalized spacial score (nSPS) is 11.8. The van der Waals surface area contributed by atoms with Crippen LogP contribution in [0.15, 0.2) is 60.9 Å². The van der Waals surface area contributed by atoms with Crippen molar-refractivity contribution in [3.05, 3.63) is 89.2 Å². The fourth-order valence-electron chi connectivity index (χ4n) is 3.32. The number of anilines is 1. The second kappa shape index (κ2) is 10.00. The molecule has 0 saturated heterocycles. The highest BCUT2D eigenvalue weighted by atomic mass is 19.1. The van der Waals surface area contributed by atoms with E-state index in [0.717, 1.165) is 17.7 Å². The Morgan fingerprint density at radius 2 is 1.75 bits per heavy atom. The Bertz CT molecular complexity index is 1100. The van der Waals surface area contributed by atoms with Gasteiger partial charge in [0.2, 0.25) is 0 Å². The van der Waals surface area contributed by atoms with E-state index in [4.69, 9.17) is 0 Å². The number of phenols is 1. The van der Waals surface area contributed by atoms with Crippen molar-refractivity contribution in [3.63, 3.8) is 0 Å². The molecule has 6 nitrogen and oxygen atoms in total. The zero-order valence-electron chi connectivity index (χ0n) is 17.6. The van der Waals surface area contributed by atoms with E-state index < -0.39 is 23.4 Å². The number of aromatic nitrogens is 1. The van der Waals surface area contributed by atoms with Crippen molar-refractivity contribution in [1.29, 1.82) is 0 Å². The van der Waals surface area contributed by atoms with E-state index in [1.165, 1.54) is 18.2 Å². The summed E-state index contributed by atoms with van der Waals surface area (Å²) in [6.45, 7) is 4.44. The van der Waals surface area contributed by atoms with Gasteiger partial charge in [-0.05, 0) is 41.8 Å². The molecule has 0 spiro atoms. The van der Waals surface area contributed by atoms with Gasteiger partial charge >= 0.3 is 0 Å². The minimum atomic E-state index is -0.879. The topological polar surface area (TPSA) is 91.3 Å². The van der Waals surface area contributed by atoms with Gasteiger partial charge in [0.05, 0.1) is 5.56 Å². The Morgan fingerprint density at radius 1 is 1.03 bits per heavy atom. The van der Waals surface area contributed by atoms with Crippen molar-refractivity contribution < 1.29 is 23.5 Å². The van der Waals surface area contributed by atoms with E-state index in [1.54, 1.807) is 12.4 Å². The van der Waals surface area contributed by atoms with Gasteiger partial charge in [0.15, 0.2) is 0 Å². The maximum Gasteiger partial charge on any atom is 0.255 e. The average molecular weight is 439 g/mol. The van der Waals surface area contributed by atoms with Gasteiger partial charge in [-0.25, -0.2) is 8.78 Å². The van der Waals surface area contributed by atoms with Crippen molar-refractivity contribution in [2.75, 3.05) is 11.9 Å². The first kappa shape index (κ1) is 22.9. The first-order valence-corrected chi connectivity index (χ1v) is 10.0. The number of pyridine rings is 1. The molecule has 8 heteroatoms. The summed E-state index contributed by atoms with van der Waals surface area (Å²) >= 11 is 0. The van der Waals surface area contributed by atoms with Crippen LogP contribution in [0.1, 0.15) is 46.0 Å². The summed E-state index contributed by atoms with van der Waals surface area (Å²) in [6.07, 6.45) is 3.44. The molecule has 166 valence electrons. The Morgan fingerprint density at radius 3 is 2.34 bits per heavy atom. The second-order valence-corrected chi connectivity index (χ2v) is 7.69. The molecule has 0 saturated carbocycles. The third-order valence-electron chi connectivity index (χ3n) is 5.02. The van der Waals surface area contributed by atoms with Gasteiger partial charge in [0.25, 0.3) is 11.8 Å². The number of carbonyl (C=O) groups excluding carboxylic acids is 2. The van der Waals surface area contributed by atoms with E-state index in [1.807, 2.05) is 26.0 Å². The predicted molar refractivity (Wildman–Crippen MR) is 117 cm³/mol. The summed E-state index contributed by atoms with van der Waals surface area (Å²) in [6, 6.07) is 10.2. The molecule has 1 aromatic heterocycles. The molecule has 3 rings (SSSR count). The van der Waals surface area contributed by atoms with Gasteiger partial charge in [-0.3, -0.25) is 14.6 Å². The molecule has 1 atom stereocenters. The average Bonchev–Trinajstić information content (AvgIpc) is 2.73. The monoisotopic (exact) mass is 439 g/mol. The molecule has 2 aromatic carbocycles. The lowest BCUT2D eigenvalue weighted by Gasteiger charge is -2.21. The van der Waals surface area contributed by atoms with Crippen LogP contribution in [0.5, 0.6) is 5.75 Å². The zero-order valence-corrected chi connectivity index (χ0v) is 17.6. The molecule has 32 heavy (non-hydrogen) atoms. The van der Waals surface area contributed by atoms with Crippen LogP contribution in [0, 0.1) is 17.6 Å². The Labute approximate surface area is 184 Å². The van der Waals surface area contributed by atoms with E-state index in [9.17, 15) is 23.5 Å². The number of aromatic hydroxyl groups is 1. The zero-order chi connectivity index (χ0) is 23.3. The highest BCUT2D eigenvalue weighted by Crippen LogP contribution is 2.25. The first-order chi connectivity index (χ1) is 15.2. The van der Waals surface area contributed by atoms with Gasteiger partial charge in [-0.2, -0.15) is 0 Å². The maximum absolute atomic E-state index is 13.3. The molecule has 2 amide bonds. The molecule has 0 aliphatic heterocycles. The van der Waals surface area contributed by atoms with E-state index in [2.05, 4.69) is 15.6 Å². The Balaban J connectivity index is 1.67. The van der Waals surface area contributed by atoms with Crippen molar-refractivity contribution in [1.82, 2.24) is 10.3 Å². The fraction of sp³-hybridized carbons (Fsp3) is 0.208. The van der Waals surface area contributed by atoms with Crippen LogP contribution < -0.4 is 10.6 Å². The molecule has 0 aliphatic carbocycles. The summed E-state index contributed by atoms with van der Waals surface area (Å²) < 4.78 is 26.6. The number of nitrogens with zero attached hydrogens (tertiary/aromatic N) is 1. The van der Waals surface area contributed by atoms with Gasteiger partial charge in [-0.1, -0.05) is 19.9 Å². The molecule has 3 N–H and O–H groups in total. The van der Waals surface area contributed by atoms with E-state index in [-0.39, 0.29) is 34.4 Å². The molecule has 0 bridgehead atoms. The van der Waals surface area contributed by atoms with Crippen LogP contribution in [0.4, 0.5) is 14.5 Å². The second-order valence-electron chi connectivity index (χ2n) is 7.69. The maximum atomic E-state index is 13.3. The van der Waals surface area contributed by atoms with Crippen LogP contribution in [0.2, 0.25) is 0 Å². The smallest absolute Gasteiger partial charge is 0.255 e. The lowest BCUT2D eigenvalue weighted by Crippen LogP contribution is -2.30. The molecule has 0 radical (unpaired) electrons. The summed E-state index contributed by atoms with van der Waals surface area (Å²) in [5.41, 5.74) is 0.996. The van der Waals surface area contributed by atoms with Gasteiger partial charge < -0.3 is 15.7 Å². The van der Waals surface area contributed by atoms with Crippen molar-refractivity contribution in [3.8, 4) is 5.75 Å². The van der Waals surface area contributed by atoms with Crippen LogP contribution in [-0.2, 0) is 0 Å². The minimum absolute atomic E-state index is 0.0356. The summed E-state index contributed by atoms with van der Waals surface area (Å²) in [4.78, 5) is 28.9. The van der Waals surface area contributed by atoms with Crippen molar-refractivity contribution >= 4 is 17.5 Å². The molecule has 1 heterocycles. The van der Waals surface area contributed by atoms with Crippen LogP contribution in [-0.4, -0.2) is 28.4 Å². The minimum Gasteiger partial charge on any atom is -0.507 e. The van der Waals surface area contributed by atoms with Gasteiger partial charge in [0, 0.05) is 48.2 Å². The number of halogens is 2. The number of hydrogen-bond donors (Lipinski definition) is 3. The molecule has 0 aliphatic rings. The molecular weight excluding hydrogens is 416 g/mol. The standard InChI is InChI=1S/C24H23F2N3O3/c1-14(2)21(15-4-3-7-27-12-15)13-28-24(32)20-6-5-19(11-22(20)30)29-23(31)16-8-17(25)10-18(26)9-16/h3-12,14,21,30H,13H2,1-2H3,(H,28,32)(H,29,31)/t21-/m1/s1. The van der Waals surface area contributed by atoms with Gasteiger partial charge in [-0.15, -0.1) is 0 Å².